The predicted molar refractivity (Wildman–Crippen MR) is 38.4 cm³/mol. The van der Waals surface area contributed by atoms with E-state index in [9.17, 15) is 0 Å². The van der Waals surface area contributed by atoms with Crippen molar-refractivity contribution in [2.45, 2.75) is 0 Å². The molecule has 0 rings (SSSR count). The monoisotopic (exact) mass is 516 g/mol. The molecular formula is H19Na15O6Si2. The van der Waals surface area contributed by atoms with Gasteiger partial charge in [-0.3, -0.25) is 8.92 Å². The Bertz CT molecular complexity index is 123. The molecule has 0 fully saturated rings. The van der Waals surface area contributed by atoms with Crippen LogP contribution in [-0.4, -0.2) is 37.5 Å². The van der Waals surface area contributed by atoms with Gasteiger partial charge in [0.1, 0.15) is 0 Å². The van der Waals surface area contributed by atoms with Crippen molar-refractivity contribution in [1.82, 2.24) is 0 Å². The fraction of sp³-hybridized carbons (Fsp3) is 0. The fourth-order valence-electron chi connectivity index (χ4n) is 0. The molecule has 23 heavy (non-hydrogen) atoms. The molecule has 0 heterocycles. The molecule has 0 unspecified atom stereocenters. The minimum absolute atomic E-state index is 0. The molecule has 0 aliphatic rings. The van der Waals surface area contributed by atoms with Gasteiger partial charge < -0.3 is 40.6 Å². The minimum Gasteiger partial charge on any atom is -1.00 e. The van der Waals surface area contributed by atoms with Crippen molar-refractivity contribution in [3.05, 3.63) is 0 Å². The van der Waals surface area contributed by atoms with Crippen LogP contribution < -0.4 is 443 Å². The number of hydrogen-bond acceptors (Lipinski definition) is 2. The van der Waals surface area contributed by atoms with E-state index in [0.717, 1.165) is 0 Å². The Hall–Kier alpha value is 14.2. The Balaban J connectivity index is -0.000000000353. The maximum absolute atomic E-state index is 8.74. The molecule has 0 radical (unpaired) electrons. The second kappa shape index (κ2) is 110. The standard InChI is InChI=1S/15Na.2H2O3Si.15H/c;;;;;;;;;;;;;;;2*1-4(2)3;;;;;;;;;;;;;;;/h;;;;;;;;;;;;;;;2*1-2H;;;;;;;;;;;;;;;/q15*+1;;;15*-1. The smallest absolute Gasteiger partial charge is 1.00 e. The van der Waals surface area contributed by atoms with Gasteiger partial charge in [0.05, 0.1) is 0 Å². The van der Waals surface area contributed by atoms with E-state index in [2.05, 4.69) is 0 Å². The van der Waals surface area contributed by atoms with Crippen molar-refractivity contribution in [2.24, 2.45) is 0 Å². The van der Waals surface area contributed by atoms with Gasteiger partial charge >= 0.3 is 462 Å². The minimum atomic E-state index is -3.13. The molecule has 4 N–H and O–H groups in total. The molecule has 23 heteroatoms. The van der Waals surface area contributed by atoms with Gasteiger partial charge in [-0.1, -0.05) is 0 Å². The third-order valence-corrected chi connectivity index (χ3v) is 0. The van der Waals surface area contributed by atoms with Crippen LogP contribution in [0.5, 0.6) is 0 Å². The average Bonchev–Trinajstić information content (AvgIpc) is 1.25. The van der Waals surface area contributed by atoms with E-state index in [4.69, 9.17) is 28.1 Å². The zero-order valence-electron chi connectivity index (χ0n) is 33.6. The van der Waals surface area contributed by atoms with Gasteiger partial charge in [-0.25, -0.2) is 0 Å². The van der Waals surface area contributed by atoms with Crippen LogP contribution in [0.1, 0.15) is 21.4 Å². The summed E-state index contributed by atoms with van der Waals surface area (Å²) >= 11 is 0. The van der Waals surface area contributed by atoms with Crippen molar-refractivity contribution >= 4 is 18.3 Å². The summed E-state index contributed by atoms with van der Waals surface area (Å²) in [6.07, 6.45) is 0. The van der Waals surface area contributed by atoms with Crippen LogP contribution in [0, 0.1) is 0 Å². The molecule has 0 amide bonds. The van der Waals surface area contributed by atoms with Gasteiger partial charge in [0.15, 0.2) is 0 Å². The van der Waals surface area contributed by atoms with Crippen LogP contribution in [0.2, 0.25) is 0 Å². The van der Waals surface area contributed by atoms with E-state index >= 15 is 0 Å². The molecule has 0 aromatic heterocycles. The Morgan fingerprint density at radius 3 is 0.348 bits per heavy atom. The van der Waals surface area contributed by atoms with E-state index in [1.54, 1.807) is 0 Å². The molecule has 0 aromatic rings. The van der Waals surface area contributed by atoms with E-state index in [-0.39, 0.29) is 465 Å². The van der Waals surface area contributed by atoms with Gasteiger partial charge in [0.2, 0.25) is 0 Å². The summed E-state index contributed by atoms with van der Waals surface area (Å²) in [5.41, 5.74) is 0. The Morgan fingerprint density at radius 1 is 0.348 bits per heavy atom. The Kier molecular flexibility index (Phi) is 570. The molecular weight excluding hydrogens is 497 g/mol. The molecule has 6 nitrogen and oxygen atoms in total. The van der Waals surface area contributed by atoms with Crippen molar-refractivity contribution < 1.29 is 493 Å². The largest absolute Gasteiger partial charge is 1.00 e. The van der Waals surface area contributed by atoms with Crippen LogP contribution in [0.15, 0.2) is 0 Å². The Labute approximate surface area is 496 Å². The van der Waals surface area contributed by atoms with Gasteiger partial charge in [0.25, 0.3) is 0 Å². The van der Waals surface area contributed by atoms with E-state index in [1.165, 1.54) is 0 Å². The van der Waals surface area contributed by atoms with Crippen molar-refractivity contribution in [2.75, 3.05) is 0 Å². The summed E-state index contributed by atoms with van der Waals surface area (Å²) < 4.78 is 17.5. The van der Waals surface area contributed by atoms with Crippen molar-refractivity contribution in [3.8, 4) is 0 Å². The summed E-state index contributed by atoms with van der Waals surface area (Å²) in [7, 11) is -6.26. The van der Waals surface area contributed by atoms with Crippen LogP contribution in [0.4, 0.5) is 0 Å². The zero-order valence-corrected chi connectivity index (χ0v) is 50.6. The second-order valence-electron chi connectivity index (χ2n) is 0.565. The van der Waals surface area contributed by atoms with Gasteiger partial charge in [-0.15, -0.1) is 0 Å². The molecule has 0 bridgehead atoms. The summed E-state index contributed by atoms with van der Waals surface area (Å²) in [4.78, 5) is 28.6. The summed E-state index contributed by atoms with van der Waals surface area (Å²) in [5, 5.41) is 0. The van der Waals surface area contributed by atoms with Crippen LogP contribution in [0.25, 0.3) is 0 Å². The quantitative estimate of drug-likeness (QED) is 0.238. The first kappa shape index (κ1) is 119. The first-order chi connectivity index (χ1) is 3.46. The maximum atomic E-state index is 8.74. The van der Waals surface area contributed by atoms with Gasteiger partial charge in [0, 0.05) is 0 Å². The number of hydrogen-bond donors (Lipinski definition) is 4. The van der Waals surface area contributed by atoms with Gasteiger partial charge in [-0.2, -0.15) is 0 Å². The van der Waals surface area contributed by atoms with E-state index in [1.807, 2.05) is 0 Å². The van der Waals surface area contributed by atoms with Crippen molar-refractivity contribution in [3.63, 3.8) is 0 Å². The Morgan fingerprint density at radius 2 is 0.348 bits per heavy atom. The SMILES string of the molecule is O=[Si](O)O.O=[Si](O)O.[H-].[H-].[H-].[H-].[H-].[H-].[H-].[H-].[H-].[H-].[H-].[H-].[H-].[H-].[H-].[Na+].[Na+].[Na+].[Na+].[Na+].[Na+].[Na+].[Na+].[Na+].[Na+].[Na+].[Na+].[Na+].[Na+].[Na+]. The molecule has 0 aliphatic heterocycles. The molecule has 0 spiro atoms. The van der Waals surface area contributed by atoms with Crippen molar-refractivity contribution in [1.29, 1.82) is 0 Å². The predicted octanol–water partition coefficient (Wildman–Crippen LogP) is -46.5. The molecule has 0 saturated heterocycles. The summed E-state index contributed by atoms with van der Waals surface area (Å²) in [6.45, 7) is 0. The van der Waals surface area contributed by atoms with Crippen LogP contribution in [-0.2, 0) is 8.92 Å². The van der Waals surface area contributed by atoms with Gasteiger partial charge in [-0.05, 0) is 0 Å². The molecule has 0 saturated carbocycles. The second-order valence-corrected chi connectivity index (χ2v) is 1.70. The molecule has 0 aliphatic carbocycles. The van der Waals surface area contributed by atoms with Crippen LogP contribution >= 0.6 is 0 Å². The van der Waals surface area contributed by atoms with Crippen LogP contribution in [0.3, 0.4) is 0 Å². The summed E-state index contributed by atoms with van der Waals surface area (Å²) in [5.74, 6) is 0. The first-order valence-corrected chi connectivity index (χ1v) is 3.91. The third-order valence-electron chi connectivity index (χ3n) is 0. The normalized spacial score (nSPS) is 2.09. The molecule has 0 aromatic carbocycles. The first-order valence-electron chi connectivity index (χ1n) is 1.30. The maximum Gasteiger partial charge on any atom is 1.00 e. The third kappa shape index (κ3) is 210. The topological polar surface area (TPSA) is 115 Å². The zero-order chi connectivity index (χ0) is 7.15. The summed E-state index contributed by atoms with van der Waals surface area (Å²) in [6, 6.07) is 0. The number of rotatable bonds is 0. The average molecular weight is 516 g/mol. The van der Waals surface area contributed by atoms with E-state index < -0.39 is 18.3 Å². The molecule has 78 valence electrons. The molecule has 0 atom stereocenters. The van der Waals surface area contributed by atoms with E-state index in [0.29, 0.717) is 0 Å². The fourth-order valence-corrected chi connectivity index (χ4v) is 0.